The molecule has 3 fully saturated rings. The van der Waals surface area contributed by atoms with Gasteiger partial charge in [0.1, 0.15) is 11.6 Å². The van der Waals surface area contributed by atoms with E-state index in [-0.39, 0.29) is 0 Å². The van der Waals surface area contributed by atoms with Gasteiger partial charge < -0.3 is 15.1 Å². The number of piperazine rings is 1. The Morgan fingerprint density at radius 1 is 1.03 bits per heavy atom. The molecular formula is C27H40N6. The molecule has 2 bridgehead atoms. The summed E-state index contributed by atoms with van der Waals surface area (Å²) < 4.78 is 0. The molecule has 1 saturated heterocycles. The van der Waals surface area contributed by atoms with Crippen molar-refractivity contribution in [1.29, 1.82) is 0 Å². The minimum absolute atomic E-state index is 0.423. The summed E-state index contributed by atoms with van der Waals surface area (Å²) >= 11 is 0. The number of nitrogens with zero attached hydrogens (tertiary/aromatic N) is 5. The number of rotatable bonds is 6. The van der Waals surface area contributed by atoms with Crippen molar-refractivity contribution >= 4 is 17.6 Å². The van der Waals surface area contributed by atoms with Gasteiger partial charge in [-0.05, 0) is 41.6 Å². The first-order valence-corrected chi connectivity index (χ1v) is 12.7. The van der Waals surface area contributed by atoms with Gasteiger partial charge in [0.2, 0.25) is 5.95 Å². The minimum atomic E-state index is 0.423. The molecule has 1 aliphatic heterocycles. The molecule has 6 nitrogen and oxygen atoms in total. The van der Waals surface area contributed by atoms with Crippen molar-refractivity contribution < 1.29 is 0 Å². The molecule has 1 N–H and O–H groups in total. The van der Waals surface area contributed by atoms with Crippen LogP contribution in [0, 0.1) is 23.2 Å². The van der Waals surface area contributed by atoms with Crippen LogP contribution >= 0.6 is 0 Å². The first-order chi connectivity index (χ1) is 15.8. The minimum Gasteiger partial charge on any atom is -0.367 e. The molecule has 6 heteroatoms. The largest absolute Gasteiger partial charge is 0.367 e. The predicted molar refractivity (Wildman–Crippen MR) is 137 cm³/mol. The van der Waals surface area contributed by atoms with Crippen LogP contribution in [-0.2, 0) is 6.54 Å². The summed E-state index contributed by atoms with van der Waals surface area (Å²) in [6, 6.07) is 13.4. The highest BCUT2D eigenvalue weighted by Crippen LogP contribution is 2.60. The van der Waals surface area contributed by atoms with Gasteiger partial charge >= 0.3 is 0 Å². The van der Waals surface area contributed by atoms with Crippen LogP contribution in [0.5, 0.6) is 0 Å². The molecule has 2 saturated carbocycles. The molecule has 2 heterocycles. The molecule has 3 aliphatic rings. The number of nitrogens with one attached hydrogen (secondary N) is 1. The Hall–Kier alpha value is -2.34. The van der Waals surface area contributed by atoms with Crippen LogP contribution in [0.2, 0.25) is 0 Å². The number of aromatic nitrogens is 2. The maximum absolute atomic E-state index is 5.03. The molecule has 1 aromatic carbocycles. The Morgan fingerprint density at radius 2 is 1.76 bits per heavy atom. The topological polar surface area (TPSA) is 47.5 Å². The monoisotopic (exact) mass is 448 g/mol. The summed E-state index contributed by atoms with van der Waals surface area (Å²) in [6.45, 7) is 12.4. The number of hydrogen-bond acceptors (Lipinski definition) is 6. The van der Waals surface area contributed by atoms with Gasteiger partial charge in [0.05, 0.1) is 0 Å². The first kappa shape index (κ1) is 22.5. The van der Waals surface area contributed by atoms with Gasteiger partial charge in [0, 0.05) is 58.9 Å². The van der Waals surface area contributed by atoms with E-state index in [0.29, 0.717) is 17.4 Å². The molecule has 33 heavy (non-hydrogen) atoms. The number of anilines is 3. The lowest BCUT2D eigenvalue weighted by Gasteiger charge is -2.35. The summed E-state index contributed by atoms with van der Waals surface area (Å²) in [6.07, 6.45) is 2.64. The molecule has 1 unspecified atom stereocenters. The zero-order valence-corrected chi connectivity index (χ0v) is 21.0. The number of hydrogen-bond donors (Lipinski definition) is 1. The SMILES string of the molecule is C[C@@H]1C[C@@H]2C[C@@H](Nc3cc(N(C)C)nc(N4CCN(Cc5ccccc5)CC4)n3)C1C2(C)C. The fraction of sp³-hybridized carbons (Fsp3) is 0.630. The summed E-state index contributed by atoms with van der Waals surface area (Å²) in [4.78, 5) is 16.9. The van der Waals surface area contributed by atoms with Gasteiger partial charge in [-0.15, -0.1) is 0 Å². The lowest BCUT2D eigenvalue weighted by Crippen LogP contribution is -2.46. The first-order valence-electron chi connectivity index (χ1n) is 12.7. The molecule has 178 valence electrons. The van der Waals surface area contributed by atoms with Crippen molar-refractivity contribution in [3.63, 3.8) is 0 Å². The molecule has 1 aromatic heterocycles. The van der Waals surface area contributed by atoms with Crippen molar-refractivity contribution in [1.82, 2.24) is 14.9 Å². The molecule has 2 aromatic rings. The zero-order chi connectivity index (χ0) is 23.2. The summed E-state index contributed by atoms with van der Waals surface area (Å²) in [5.74, 6) is 5.13. The van der Waals surface area contributed by atoms with Gasteiger partial charge in [-0.3, -0.25) is 4.90 Å². The molecule has 0 spiro atoms. The van der Waals surface area contributed by atoms with Gasteiger partial charge in [-0.1, -0.05) is 51.1 Å². The Balaban J connectivity index is 1.29. The normalized spacial score (nSPS) is 28.8. The van der Waals surface area contributed by atoms with Crippen LogP contribution in [0.4, 0.5) is 17.6 Å². The average Bonchev–Trinajstić information content (AvgIpc) is 3.16. The highest BCUT2D eigenvalue weighted by molar-refractivity contribution is 5.54. The third kappa shape index (κ3) is 4.42. The van der Waals surface area contributed by atoms with Gasteiger partial charge in [0.25, 0.3) is 0 Å². The molecule has 4 atom stereocenters. The summed E-state index contributed by atoms with van der Waals surface area (Å²) in [7, 11) is 4.13. The van der Waals surface area contributed by atoms with E-state index in [0.717, 1.165) is 62.1 Å². The Kier molecular flexibility index (Phi) is 5.98. The van der Waals surface area contributed by atoms with Crippen LogP contribution in [0.15, 0.2) is 36.4 Å². The van der Waals surface area contributed by atoms with Crippen molar-refractivity contribution in [2.24, 2.45) is 23.2 Å². The van der Waals surface area contributed by atoms with Crippen LogP contribution in [0.1, 0.15) is 39.2 Å². The Bertz CT molecular complexity index is 950. The predicted octanol–water partition coefficient (Wildman–Crippen LogP) is 4.35. The van der Waals surface area contributed by atoms with E-state index in [4.69, 9.17) is 9.97 Å². The van der Waals surface area contributed by atoms with Crippen molar-refractivity contribution in [3.8, 4) is 0 Å². The van der Waals surface area contributed by atoms with E-state index < -0.39 is 0 Å². The van der Waals surface area contributed by atoms with Crippen LogP contribution < -0.4 is 15.1 Å². The fourth-order valence-electron chi connectivity index (χ4n) is 6.83. The van der Waals surface area contributed by atoms with E-state index in [2.05, 4.69) is 91.3 Å². The zero-order valence-electron chi connectivity index (χ0n) is 21.0. The summed E-state index contributed by atoms with van der Waals surface area (Å²) in [5.41, 5.74) is 1.80. The maximum Gasteiger partial charge on any atom is 0.229 e. The third-order valence-electron chi connectivity index (χ3n) is 8.55. The van der Waals surface area contributed by atoms with Gasteiger partial charge in [-0.25, -0.2) is 0 Å². The second kappa shape index (κ2) is 8.79. The molecule has 0 amide bonds. The second-order valence-electron chi connectivity index (χ2n) is 11.3. The average molecular weight is 449 g/mol. The lowest BCUT2D eigenvalue weighted by atomic mass is 9.79. The molecule has 5 rings (SSSR count). The van der Waals surface area contributed by atoms with Crippen LogP contribution in [0.25, 0.3) is 0 Å². The van der Waals surface area contributed by atoms with Gasteiger partial charge in [-0.2, -0.15) is 9.97 Å². The third-order valence-corrected chi connectivity index (χ3v) is 8.55. The van der Waals surface area contributed by atoms with E-state index in [9.17, 15) is 0 Å². The van der Waals surface area contributed by atoms with Crippen molar-refractivity contribution in [2.45, 2.75) is 46.2 Å². The molecule has 0 radical (unpaired) electrons. The second-order valence-corrected chi connectivity index (χ2v) is 11.3. The summed E-state index contributed by atoms with van der Waals surface area (Å²) in [5, 5.41) is 3.86. The molecule has 2 aliphatic carbocycles. The maximum atomic E-state index is 5.03. The van der Waals surface area contributed by atoms with E-state index >= 15 is 0 Å². The Labute approximate surface area is 199 Å². The number of fused-ring (bicyclic) bond motifs is 2. The number of benzene rings is 1. The standard InChI is InChI=1S/C27H40N6/c1-19-15-21-16-22(25(19)27(21,2)3)28-23-17-24(31(4)5)30-26(29-23)33-13-11-32(12-14-33)18-20-9-7-6-8-10-20/h6-10,17,19,21-22,25H,11-16,18H2,1-5H3,(H,28,29,30)/t19-,21-,22-,25?/m1/s1. The van der Waals surface area contributed by atoms with Crippen LogP contribution in [-0.4, -0.2) is 61.2 Å². The fourth-order valence-corrected chi connectivity index (χ4v) is 6.83. The highest BCUT2D eigenvalue weighted by atomic mass is 15.3. The smallest absolute Gasteiger partial charge is 0.229 e. The highest BCUT2D eigenvalue weighted by Gasteiger charge is 2.56. The molecular weight excluding hydrogens is 408 g/mol. The van der Waals surface area contributed by atoms with E-state index in [1.165, 1.54) is 18.4 Å². The van der Waals surface area contributed by atoms with Crippen LogP contribution in [0.3, 0.4) is 0 Å². The van der Waals surface area contributed by atoms with Crippen molar-refractivity contribution in [3.05, 3.63) is 42.0 Å². The van der Waals surface area contributed by atoms with E-state index in [1.54, 1.807) is 0 Å². The van der Waals surface area contributed by atoms with E-state index in [1.807, 2.05) is 0 Å². The Morgan fingerprint density at radius 3 is 2.39 bits per heavy atom. The van der Waals surface area contributed by atoms with Gasteiger partial charge in [0.15, 0.2) is 0 Å². The quantitative estimate of drug-likeness (QED) is 0.709. The lowest BCUT2D eigenvalue weighted by molar-refractivity contribution is 0.233. The van der Waals surface area contributed by atoms with Crippen molar-refractivity contribution in [2.75, 3.05) is 55.4 Å².